The van der Waals surface area contributed by atoms with E-state index in [0.717, 1.165) is 17.0 Å². The minimum absolute atomic E-state index is 0.0200. The van der Waals surface area contributed by atoms with Crippen LogP contribution in [0.5, 0.6) is 5.75 Å². The Bertz CT molecular complexity index is 771. The fourth-order valence-electron chi connectivity index (χ4n) is 2.94. The largest absolute Gasteiger partial charge is 0.497 e. The number of rotatable bonds is 4. The minimum Gasteiger partial charge on any atom is -0.497 e. The average molecular weight is 338 g/mol. The predicted octanol–water partition coefficient (Wildman–Crippen LogP) is 3.25. The molecule has 0 aliphatic carbocycles. The van der Waals surface area contributed by atoms with Crippen LogP contribution in [0.1, 0.15) is 18.9 Å². The number of nitrogens with one attached hydrogen (secondary N) is 1. The number of methoxy groups -OCH3 is 1. The van der Waals surface area contributed by atoms with Crippen molar-refractivity contribution in [1.29, 1.82) is 0 Å². The number of benzene rings is 2. The summed E-state index contributed by atoms with van der Waals surface area (Å²) in [7, 11) is 1.63. The highest BCUT2D eigenvalue weighted by molar-refractivity contribution is 6.04. The lowest BCUT2D eigenvalue weighted by Gasteiger charge is -2.23. The molecule has 3 rings (SSSR count). The van der Waals surface area contributed by atoms with Gasteiger partial charge in [0.05, 0.1) is 24.4 Å². The molecule has 5 heteroatoms. The fourth-order valence-corrected chi connectivity index (χ4v) is 2.94. The number of fused-ring (bicyclic) bond motifs is 1. The Balaban J connectivity index is 1.74. The summed E-state index contributed by atoms with van der Waals surface area (Å²) >= 11 is 0. The van der Waals surface area contributed by atoms with E-state index >= 15 is 0 Å². The van der Waals surface area contributed by atoms with Gasteiger partial charge in [0.25, 0.3) is 0 Å². The second-order valence-electron chi connectivity index (χ2n) is 6.26. The summed E-state index contributed by atoms with van der Waals surface area (Å²) in [6.45, 7) is 2.23. The number of hydrogen-bond donors (Lipinski definition) is 1. The van der Waals surface area contributed by atoms with E-state index in [1.54, 1.807) is 12.0 Å². The van der Waals surface area contributed by atoms with Gasteiger partial charge in [-0.15, -0.1) is 0 Å². The Labute approximate surface area is 147 Å². The van der Waals surface area contributed by atoms with Gasteiger partial charge in [-0.2, -0.15) is 0 Å². The highest BCUT2D eigenvalue weighted by Crippen LogP contribution is 2.30. The molecule has 2 aromatic rings. The molecule has 0 radical (unpaired) electrons. The monoisotopic (exact) mass is 338 g/mol. The topological polar surface area (TPSA) is 58.6 Å². The van der Waals surface area contributed by atoms with Crippen LogP contribution >= 0.6 is 0 Å². The van der Waals surface area contributed by atoms with Gasteiger partial charge in [-0.1, -0.05) is 31.2 Å². The van der Waals surface area contributed by atoms with Crippen molar-refractivity contribution in [2.24, 2.45) is 5.92 Å². The summed E-state index contributed by atoms with van der Waals surface area (Å²) in [4.78, 5) is 26.7. The molecule has 2 amide bonds. The van der Waals surface area contributed by atoms with E-state index in [2.05, 4.69) is 5.32 Å². The third-order valence-electron chi connectivity index (χ3n) is 4.44. The third kappa shape index (κ3) is 3.82. The van der Waals surface area contributed by atoms with Gasteiger partial charge >= 0.3 is 0 Å². The lowest BCUT2D eigenvalue weighted by atomic mass is 10.1. The summed E-state index contributed by atoms with van der Waals surface area (Å²) in [5.41, 5.74) is 2.54. The Morgan fingerprint density at radius 1 is 1.20 bits per heavy atom. The van der Waals surface area contributed by atoms with Crippen LogP contribution in [-0.4, -0.2) is 25.5 Å². The van der Waals surface area contributed by atoms with Crippen LogP contribution in [-0.2, 0) is 16.0 Å². The third-order valence-corrected chi connectivity index (χ3v) is 4.44. The Morgan fingerprint density at radius 2 is 1.92 bits per heavy atom. The van der Waals surface area contributed by atoms with Crippen LogP contribution in [0.15, 0.2) is 48.5 Å². The molecule has 0 bridgehead atoms. The maximum absolute atomic E-state index is 12.8. The molecule has 25 heavy (non-hydrogen) atoms. The van der Waals surface area contributed by atoms with Crippen molar-refractivity contribution in [2.75, 3.05) is 23.9 Å². The highest BCUT2D eigenvalue weighted by atomic mass is 16.5. The molecule has 1 aliphatic heterocycles. The molecule has 0 aromatic heterocycles. The van der Waals surface area contributed by atoms with Crippen molar-refractivity contribution in [3.63, 3.8) is 0 Å². The van der Waals surface area contributed by atoms with Gasteiger partial charge in [-0.25, -0.2) is 0 Å². The highest BCUT2D eigenvalue weighted by Gasteiger charge is 2.28. The van der Waals surface area contributed by atoms with Crippen LogP contribution < -0.4 is 15.0 Å². The first-order valence-electron chi connectivity index (χ1n) is 8.41. The van der Waals surface area contributed by atoms with Crippen molar-refractivity contribution in [3.05, 3.63) is 54.1 Å². The number of anilines is 2. The Kier molecular flexibility index (Phi) is 5.03. The van der Waals surface area contributed by atoms with Crippen LogP contribution in [0, 0.1) is 5.92 Å². The number of carbonyl (C=O) groups is 2. The van der Waals surface area contributed by atoms with Crippen molar-refractivity contribution in [3.8, 4) is 5.75 Å². The first-order chi connectivity index (χ1) is 12.1. The maximum Gasteiger partial charge on any atom is 0.229 e. The van der Waals surface area contributed by atoms with Gasteiger partial charge in [0.2, 0.25) is 11.8 Å². The average Bonchev–Trinajstić information content (AvgIpc) is 2.77. The minimum atomic E-state index is -0.252. The number of carbonyl (C=O) groups excluding carboxylic acids is 2. The molecule has 2 aromatic carbocycles. The molecule has 5 nitrogen and oxygen atoms in total. The number of amides is 2. The molecule has 1 unspecified atom stereocenters. The van der Waals surface area contributed by atoms with Crippen LogP contribution in [0.25, 0.3) is 0 Å². The molecule has 1 atom stereocenters. The van der Waals surface area contributed by atoms with Gasteiger partial charge in [0.1, 0.15) is 5.75 Å². The zero-order chi connectivity index (χ0) is 17.8. The molecule has 0 fully saturated rings. The van der Waals surface area contributed by atoms with Crippen LogP contribution in [0.3, 0.4) is 0 Å². The van der Waals surface area contributed by atoms with E-state index in [9.17, 15) is 9.59 Å². The smallest absolute Gasteiger partial charge is 0.229 e. The summed E-state index contributed by atoms with van der Waals surface area (Å²) < 4.78 is 5.15. The summed E-state index contributed by atoms with van der Waals surface area (Å²) in [5, 5.41) is 2.90. The van der Waals surface area contributed by atoms with E-state index in [4.69, 9.17) is 4.74 Å². The molecule has 130 valence electrons. The number of nitrogens with zero attached hydrogens (tertiary/aromatic N) is 1. The maximum atomic E-state index is 12.8. The second kappa shape index (κ2) is 7.38. The van der Waals surface area contributed by atoms with Gasteiger partial charge in [0, 0.05) is 13.0 Å². The summed E-state index contributed by atoms with van der Waals surface area (Å²) in [6.07, 6.45) is 1.04. The van der Waals surface area contributed by atoms with E-state index in [1.165, 1.54) is 0 Å². The van der Waals surface area contributed by atoms with Crippen molar-refractivity contribution < 1.29 is 14.3 Å². The Hall–Kier alpha value is -2.82. The zero-order valence-electron chi connectivity index (χ0n) is 14.5. The lowest BCUT2D eigenvalue weighted by molar-refractivity contribution is -0.120. The molecule has 1 aliphatic rings. The molecule has 0 spiro atoms. The predicted molar refractivity (Wildman–Crippen MR) is 97.9 cm³/mol. The summed E-state index contributed by atoms with van der Waals surface area (Å²) in [5.74, 6) is 0.511. The number of hydrogen-bond acceptors (Lipinski definition) is 3. The van der Waals surface area contributed by atoms with E-state index in [1.807, 2.05) is 55.5 Å². The van der Waals surface area contributed by atoms with Gasteiger partial charge < -0.3 is 15.0 Å². The van der Waals surface area contributed by atoms with Crippen LogP contribution in [0.2, 0.25) is 0 Å². The normalized spacial score (nSPS) is 16.6. The van der Waals surface area contributed by atoms with E-state index < -0.39 is 0 Å². The zero-order valence-corrected chi connectivity index (χ0v) is 14.5. The van der Waals surface area contributed by atoms with E-state index in [0.29, 0.717) is 25.1 Å². The number of aryl methyl sites for hydroxylation is 1. The summed E-state index contributed by atoms with van der Waals surface area (Å²) in [6, 6.07) is 15.2. The van der Waals surface area contributed by atoms with Crippen LogP contribution in [0.4, 0.5) is 11.4 Å². The molecular weight excluding hydrogens is 316 g/mol. The van der Waals surface area contributed by atoms with Crippen molar-refractivity contribution >= 4 is 23.2 Å². The quantitative estimate of drug-likeness (QED) is 0.931. The van der Waals surface area contributed by atoms with Gasteiger partial charge in [0.15, 0.2) is 0 Å². The second-order valence-corrected chi connectivity index (χ2v) is 6.26. The number of ether oxygens (including phenoxy) is 1. The molecule has 0 saturated heterocycles. The van der Waals surface area contributed by atoms with Crippen molar-refractivity contribution in [1.82, 2.24) is 0 Å². The molecule has 1 heterocycles. The lowest BCUT2D eigenvalue weighted by Crippen LogP contribution is -2.36. The van der Waals surface area contributed by atoms with Gasteiger partial charge in [-0.05, 0) is 36.2 Å². The molecular formula is C20H22N2O3. The first kappa shape index (κ1) is 17.0. The first-order valence-corrected chi connectivity index (χ1v) is 8.41. The fraction of sp³-hybridized carbons (Fsp3) is 0.300. The molecule has 1 N–H and O–H groups in total. The molecule has 0 saturated carbocycles. The Morgan fingerprint density at radius 3 is 2.64 bits per heavy atom. The SMILES string of the molecule is COc1ccc(CCC(=O)N2CC(C)C(=O)Nc3ccccc32)cc1. The van der Waals surface area contributed by atoms with Gasteiger partial charge in [-0.3, -0.25) is 9.59 Å². The van der Waals surface area contributed by atoms with E-state index in [-0.39, 0.29) is 17.7 Å². The van der Waals surface area contributed by atoms with Crippen molar-refractivity contribution in [2.45, 2.75) is 19.8 Å². The number of para-hydroxylation sites is 2. The standard InChI is InChI=1S/C20H22N2O3/c1-14-13-22(18-6-4-3-5-17(18)21-20(14)24)19(23)12-9-15-7-10-16(25-2)11-8-15/h3-8,10-11,14H,9,12-13H2,1-2H3,(H,21,24).